The van der Waals surface area contributed by atoms with Gasteiger partial charge in [-0.1, -0.05) is 6.07 Å². The number of nitrogens with zero attached hydrogens (tertiary/aromatic N) is 1. The molecule has 0 aromatic heterocycles. The number of phenolic OH excluding ortho intramolecular Hbond substituents is 1. The van der Waals surface area contributed by atoms with Crippen LogP contribution in [-0.2, 0) is 14.3 Å². The maximum absolute atomic E-state index is 12.4. The first-order chi connectivity index (χ1) is 9.13. The van der Waals surface area contributed by atoms with Gasteiger partial charge in [-0.3, -0.25) is 4.79 Å². The molecule has 19 heavy (non-hydrogen) atoms. The number of ether oxygens (including phenoxy) is 2. The van der Waals surface area contributed by atoms with Gasteiger partial charge in [-0.05, 0) is 25.5 Å². The lowest BCUT2D eigenvalue weighted by Gasteiger charge is -2.29. The fraction of sp³-hybridized carbons (Fsp3) is 0.500. The first-order valence-corrected chi connectivity index (χ1v) is 6.43. The number of phenols is 1. The lowest BCUT2D eigenvalue weighted by molar-refractivity contribution is -0.144. The number of anilines is 1. The number of carbonyl (C=O) groups excluding carboxylic acids is 1. The van der Waals surface area contributed by atoms with Crippen LogP contribution in [0.15, 0.2) is 18.2 Å². The van der Waals surface area contributed by atoms with Crippen molar-refractivity contribution in [2.75, 3.05) is 31.3 Å². The molecule has 1 aliphatic rings. The molecule has 0 aliphatic carbocycles. The summed E-state index contributed by atoms with van der Waals surface area (Å²) in [5, 5.41) is 9.58. The van der Waals surface area contributed by atoms with E-state index < -0.39 is 6.10 Å². The molecule has 0 radical (unpaired) electrons. The van der Waals surface area contributed by atoms with E-state index in [9.17, 15) is 9.90 Å². The minimum atomic E-state index is -0.560. The number of benzene rings is 1. The topological polar surface area (TPSA) is 59.0 Å². The summed E-state index contributed by atoms with van der Waals surface area (Å²) in [7, 11) is 0. The molecular formula is C14H19NO4. The van der Waals surface area contributed by atoms with Crippen LogP contribution in [0.25, 0.3) is 0 Å². The van der Waals surface area contributed by atoms with Crippen LogP contribution in [0.2, 0.25) is 0 Å². The summed E-state index contributed by atoms with van der Waals surface area (Å²) in [5.74, 6) is 0.0172. The molecule has 104 valence electrons. The van der Waals surface area contributed by atoms with Crippen LogP contribution >= 0.6 is 0 Å². The Bertz CT molecular complexity index is 455. The first-order valence-electron chi connectivity index (χ1n) is 6.43. The van der Waals surface area contributed by atoms with Gasteiger partial charge in [-0.15, -0.1) is 0 Å². The molecule has 0 saturated carbocycles. The number of hydrogen-bond donors (Lipinski definition) is 1. The summed E-state index contributed by atoms with van der Waals surface area (Å²) < 4.78 is 10.7. The van der Waals surface area contributed by atoms with Gasteiger partial charge in [0.15, 0.2) is 6.10 Å². The average molecular weight is 265 g/mol. The summed E-state index contributed by atoms with van der Waals surface area (Å²) >= 11 is 0. The molecule has 1 fully saturated rings. The average Bonchev–Trinajstić information content (AvgIpc) is 2.44. The van der Waals surface area contributed by atoms with Crippen molar-refractivity contribution in [1.82, 2.24) is 0 Å². The van der Waals surface area contributed by atoms with Crippen molar-refractivity contribution in [2.24, 2.45) is 0 Å². The van der Waals surface area contributed by atoms with Crippen molar-refractivity contribution in [3.63, 3.8) is 0 Å². The highest BCUT2D eigenvalue weighted by molar-refractivity contribution is 5.97. The zero-order chi connectivity index (χ0) is 13.8. The molecule has 1 heterocycles. The quantitative estimate of drug-likeness (QED) is 0.899. The van der Waals surface area contributed by atoms with Crippen LogP contribution in [0, 0.1) is 6.92 Å². The molecule has 5 nitrogen and oxygen atoms in total. The number of likely N-dealkylation sites (N-methyl/N-ethyl adjacent to an activating group) is 1. The Balaban J connectivity index is 2.23. The van der Waals surface area contributed by atoms with Crippen molar-refractivity contribution in [3.05, 3.63) is 23.8 Å². The van der Waals surface area contributed by atoms with E-state index >= 15 is 0 Å². The standard InChI is InChI=1S/C14H19NO4/c1-3-15(12-8-11(16)5-4-10(12)2)14(17)13-9-18-6-7-19-13/h4-5,8,13,16H,3,6-7,9H2,1-2H3. The van der Waals surface area contributed by atoms with Crippen LogP contribution in [0.4, 0.5) is 5.69 Å². The number of rotatable bonds is 3. The predicted molar refractivity (Wildman–Crippen MR) is 71.4 cm³/mol. The van der Waals surface area contributed by atoms with Gasteiger partial charge >= 0.3 is 0 Å². The second kappa shape index (κ2) is 6.04. The van der Waals surface area contributed by atoms with E-state index in [1.165, 1.54) is 0 Å². The van der Waals surface area contributed by atoms with Gasteiger partial charge in [0.25, 0.3) is 5.91 Å². The Morgan fingerprint density at radius 3 is 2.89 bits per heavy atom. The van der Waals surface area contributed by atoms with Crippen LogP contribution in [0.5, 0.6) is 5.75 Å². The molecule has 1 N–H and O–H groups in total. The molecule has 0 spiro atoms. The molecule has 1 aliphatic heterocycles. The number of aromatic hydroxyl groups is 1. The van der Waals surface area contributed by atoms with Gasteiger partial charge < -0.3 is 19.5 Å². The Hall–Kier alpha value is -1.59. The third-order valence-corrected chi connectivity index (χ3v) is 3.16. The highest BCUT2D eigenvalue weighted by atomic mass is 16.6. The number of carbonyl (C=O) groups is 1. The number of aryl methyl sites for hydroxylation is 1. The minimum absolute atomic E-state index is 0.129. The SMILES string of the molecule is CCN(C(=O)C1COCCO1)c1cc(O)ccc1C. The minimum Gasteiger partial charge on any atom is -0.508 e. The van der Waals surface area contributed by atoms with Crippen molar-refractivity contribution >= 4 is 11.6 Å². The summed E-state index contributed by atoms with van der Waals surface area (Å²) in [6, 6.07) is 5.00. The first kappa shape index (κ1) is 13.8. The van der Waals surface area contributed by atoms with Gasteiger partial charge in [0.1, 0.15) is 5.75 Å². The third-order valence-electron chi connectivity index (χ3n) is 3.16. The predicted octanol–water partition coefficient (Wildman–Crippen LogP) is 1.47. The van der Waals surface area contributed by atoms with Crippen molar-refractivity contribution in [2.45, 2.75) is 20.0 Å². The molecule has 1 unspecified atom stereocenters. The van der Waals surface area contributed by atoms with E-state index in [-0.39, 0.29) is 18.3 Å². The monoisotopic (exact) mass is 265 g/mol. The van der Waals surface area contributed by atoms with E-state index in [0.29, 0.717) is 25.4 Å². The number of amides is 1. The van der Waals surface area contributed by atoms with Crippen molar-refractivity contribution in [1.29, 1.82) is 0 Å². The molecule has 1 aromatic rings. The van der Waals surface area contributed by atoms with Gasteiger partial charge in [-0.2, -0.15) is 0 Å². The van der Waals surface area contributed by atoms with E-state index in [4.69, 9.17) is 9.47 Å². The summed E-state index contributed by atoms with van der Waals surface area (Å²) in [4.78, 5) is 14.1. The molecule has 1 amide bonds. The molecule has 1 saturated heterocycles. The zero-order valence-corrected chi connectivity index (χ0v) is 11.3. The normalized spacial score (nSPS) is 19.2. The van der Waals surface area contributed by atoms with Crippen LogP contribution in [0.3, 0.4) is 0 Å². The second-order valence-electron chi connectivity index (χ2n) is 4.49. The van der Waals surface area contributed by atoms with E-state index in [1.807, 2.05) is 13.8 Å². The van der Waals surface area contributed by atoms with Crippen LogP contribution < -0.4 is 4.90 Å². The van der Waals surface area contributed by atoms with Gasteiger partial charge in [-0.25, -0.2) is 0 Å². The van der Waals surface area contributed by atoms with Crippen molar-refractivity contribution in [3.8, 4) is 5.75 Å². The summed E-state index contributed by atoms with van der Waals surface area (Å²) in [6.45, 7) is 5.57. The highest BCUT2D eigenvalue weighted by Crippen LogP contribution is 2.26. The molecular weight excluding hydrogens is 246 g/mol. The smallest absolute Gasteiger partial charge is 0.258 e. The molecule has 1 atom stereocenters. The lowest BCUT2D eigenvalue weighted by atomic mass is 10.1. The third kappa shape index (κ3) is 3.05. The molecule has 0 bridgehead atoms. The fourth-order valence-electron chi connectivity index (χ4n) is 2.14. The largest absolute Gasteiger partial charge is 0.508 e. The Morgan fingerprint density at radius 1 is 1.47 bits per heavy atom. The maximum Gasteiger partial charge on any atom is 0.258 e. The zero-order valence-electron chi connectivity index (χ0n) is 11.3. The van der Waals surface area contributed by atoms with Gasteiger partial charge in [0, 0.05) is 12.6 Å². The fourth-order valence-corrected chi connectivity index (χ4v) is 2.14. The highest BCUT2D eigenvalue weighted by Gasteiger charge is 2.28. The Kier molecular flexibility index (Phi) is 4.39. The summed E-state index contributed by atoms with van der Waals surface area (Å²) in [6.07, 6.45) is -0.560. The number of hydrogen-bond acceptors (Lipinski definition) is 4. The Labute approximate surface area is 112 Å². The van der Waals surface area contributed by atoms with E-state index in [1.54, 1.807) is 23.1 Å². The lowest BCUT2D eigenvalue weighted by Crippen LogP contribution is -2.45. The van der Waals surface area contributed by atoms with Gasteiger partial charge in [0.05, 0.1) is 25.5 Å². The van der Waals surface area contributed by atoms with Crippen LogP contribution in [0.1, 0.15) is 12.5 Å². The van der Waals surface area contributed by atoms with Crippen LogP contribution in [-0.4, -0.2) is 43.5 Å². The van der Waals surface area contributed by atoms with E-state index in [0.717, 1.165) is 5.56 Å². The molecule has 2 rings (SSSR count). The van der Waals surface area contributed by atoms with E-state index in [2.05, 4.69) is 0 Å². The summed E-state index contributed by atoms with van der Waals surface area (Å²) in [5.41, 5.74) is 1.64. The second-order valence-corrected chi connectivity index (χ2v) is 4.49. The molecule has 5 heteroatoms. The van der Waals surface area contributed by atoms with Gasteiger partial charge in [0.2, 0.25) is 0 Å². The molecule has 1 aromatic carbocycles. The Morgan fingerprint density at radius 2 is 2.26 bits per heavy atom. The van der Waals surface area contributed by atoms with Crippen molar-refractivity contribution < 1.29 is 19.4 Å². The maximum atomic E-state index is 12.4.